The van der Waals surface area contributed by atoms with E-state index in [0.717, 1.165) is 49.4 Å². The van der Waals surface area contributed by atoms with Crippen molar-refractivity contribution in [1.82, 2.24) is 10.3 Å². The van der Waals surface area contributed by atoms with E-state index in [9.17, 15) is 4.79 Å². The molecule has 1 aliphatic rings. The third-order valence-electron chi connectivity index (χ3n) is 3.98. The van der Waals surface area contributed by atoms with Gasteiger partial charge in [0, 0.05) is 19.6 Å². The fourth-order valence-corrected chi connectivity index (χ4v) is 2.65. The Bertz CT molecular complexity index is 575. The van der Waals surface area contributed by atoms with Crippen molar-refractivity contribution in [3.05, 3.63) is 23.9 Å². The van der Waals surface area contributed by atoms with Crippen molar-refractivity contribution in [2.24, 2.45) is 5.41 Å². The highest BCUT2D eigenvalue weighted by Gasteiger charge is 2.17. The van der Waals surface area contributed by atoms with Crippen LogP contribution >= 0.6 is 0 Å². The lowest BCUT2D eigenvalue weighted by Gasteiger charge is -2.23. The first-order valence-electron chi connectivity index (χ1n) is 8.25. The molecule has 1 aromatic rings. The number of nitrogens with one attached hydrogen (secondary N) is 3. The largest absolute Gasteiger partial charge is 0.382 e. The standard InChI is InChI=1S/C18H28N4O/c1-18(2,3)11-20-16-10-9-15(22-17(16)19-4)13-5-7-14(8-6-13)21-12-23/h5,9-10,12,14,20H,6-8,11H2,1-4H3,(H,19,22)(H,21,23). The van der Waals surface area contributed by atoms with E-state index in [2.05, 4.69) is 54.9 Å². The average Bonchev–Trinajstić information content (AvgIpc) is 2.53. The maximum Gasteiger partial charge on any atom is 0.207 e. The molecule has 0 bridgehead atoms. The maximum absolute atomic E-state index is 10.5. The zero-order chi connectivity index (χ0) is 16.9. The SMILES string of the molecule is CNc1nc(C2=CCC(NC=O)CC2)ccc1NCC(C)(C)C. The molecular formula is C18H28N4O. The predicted molar refractivity (Wildman–Crippen MR) is 96.5 cm³/mol. The summed E-state index contributed by atoms with van der Waals surface area (Å²) in [4.78, 5) is 15.3. The number of nitrogens with zero attached hydrogens (tertiary/aromatic N) is 1. The van der Waals surface area contributed by atoms with Gasteiger partial charge in [0.2, 0.25) is 6.41 Å². The summed E-state index contributed by atoms with van der Waals surface area (Å²) in [5.41, 5.74) is 3.52. The molecule has 0 fully saturated rings. The van der Waals surface area contributed by atoms with Crippen molar-refractivity contribution >= 4 is 23.5 Å². The molecule has 1 atom stereocenters. The highest BCUT2D eigenvalue weighted by Crippen LogP contribution is 2.29. The van der Waals surface area contributed by atoms with Crippen molar-refractivity contribution in [2.45, 2.75) is 46.1 Å². The second kappa shape index (κ2) is 7.49. The Morgan fingerprint density at radius 3 is 2.70 bits per heavy atom. The van der Waals surface area contributed by atoms with Crippen LogP contribution in [0.15, 0.2) is 18.2 Å². The third kappa shape index (κ3) is 4.98. The van der Waals surface area contributed by atoms with Crippen molar-refractivity contribution in [2.75, 3.05) is 24.2 Å². The molecule has 0 saturated carbocycles. The van der Waals surface area contributed by atoms with Crippen LogP contribution in [0, 0.1) is 5.41 Å². The highest BCUT2D eigenvalue weighted by molar-refractivity contribution is 5.71. The van der Waals surface area contributed by atoms with Gasteiger partial charge in [-0.05, 0) is 42.4 Å². The molecule has 5 nitrogen and oxygen atoms in total. The van der Waals surface area contributed by atoms with E-state index in [1.807, 2.05) is 7.05 Å². The lowest BCUT2D eigenvalue weighted by molar-refractivity contribution is -0.110. The van der Waals surface area contributed by atoms with Gasteiger partial charge >= 0.3 is 0 Å². The minimum atomic E-state index is 0.218. The molecule has 1 unspecified atom stereocenters. The maximum atomic E-state index is 10.5. The van der Waals surface area contributed by atoms with Crippen molar-refractivity contribution < 1.29 is 4.79 Å². The van der Waals surface area contributed by atoms with Crippen LogP contribution in [0.4, 0.5) is 11.5 Å². The highest BCUT2D eigenvalue weighted by atomic mass is 16.1. The summed E-state index contributed by atoms with van der Waals surface area (Å²) in [6.07, 6.45) is 5.75. The fraction of sp³-hybridized carbons (Fsp3) is 0.556. The van der Waals surface area contributed by atoms with E-state index in [0.29, 0.717) is 0 Å². The number of allylic oxidation sites excluding steroid dienone is 1. The first-order valence-corrected chi connectivity index (χ1v) is 8.25. The van der Waals surface area contributed by atoms with Gasteiger partial charge in [-0.25, -0.2) is 4.98 Å². The van der Waals surface area contributed by atoms with E-state index < -0.39 is 0 Å². The lowest BCUT2D eigenvalue weighted by Crippen LogP contribution is -2.28. The second-order valence-electron chi connectivity index (χ2n) is 7.24. The number of pyridine rings is 1. The summed E-state index contributed by atoms with van der Waals surface area (Å²) < 4.78 is 0. The van der Waals surface area contributed by atoms with Crippen LogP contribution in [0.2, 0.25) is 0 Å². The second-order valence-corrected chi connectivity index (χ2v) is 7.24. The van der Waals surface area contributed by atoms with Gasteiger partial charge in [-0.2, -0.15) is 0 Å². The Morgan fingerprint density at radius 1 is 1.35 bits per heavy atom. The topological polar surface area (TPSA) is 66.0 Å². The van der Waals surface area contributed by atoms with E-state index >= 15 is 0 Å². The Kier molecular flexibility index (Phi) is 5.64. The Labute approximate surface area is 139 Å². The molecule has 5 heteroatoms. The normalized spacial score (nSPS) is 18.1. The van der Waals surface area contributed by atoms with Crippen molar-refractivity contribution in [3.8, 4) is 0 Å². The van der Waals surface area contributed by atoms with Crippen LogP contribution in [0.1, 0.15) is 45.7 Å². The number of rotatable bonds is 6. The van der Waals surface area contributed by atoms with Crippen molar-refractivity contribution in [1.29, 1.82) is 0 Å². The molecule has 0 aliphatic heterocycles. The first kappa shape index (κ1) is 17.3. The van der Waals surface area contributed by atoms with Gasteiger partial charge in [0.25, 0.3) is 0 Å². The number of amides is 1. The lowest BCUT2D eigenvalue weighted by atomic mass is 9.93. The Morgan fingerprint density at radius 2 is 2.13 bits per heavy atom. The summed E-state index contributed by atoms with van der Waals surface area (Å²) >= 11 is 0. The van der Waals surface area contributed by atoms with E-state index in [1.54, 1.807) is 0 Å². The molecule has 2 rings (SSSR count). The minimum absolute atomic E-state index is 0.218. The summed E-state index contributed by atoms with van der Waals surface area (Å²) in [5.74, 6) is 0.876. The van der Waals surface area contributed by atoms with Gasteiger partial charge in [0.05, 0.1) is 11.4 Å². The predicted octanol–water partition coefficient (Wildman–Crippen LogP) is 3.26. The number of carbonyl (C=O) groups is 1. The van der Waals surface area contributed by atoms with Gasteiger partial charge in [-0.3, -0.25) is 4.79 Å². The van der Waals surface area contributed by atoms with Crippen LogP contribution in [-0.4, -0.2) is 31.0 Å². The van der Waals surface area contributed by atoms with Gasteiger partial charge < -0.3 is 16.0 Å². The molecular weight excluding hydrogens is 288 g/mol. The summed E-state index contributed by atoms with van der Waals surface area (Å²) in [7, 11) is 1.90. The molecule has 0 aromatic carbocycles. The van der Waals surface area contributed by atoms with Crippen molar-refractivity contribution in [3.63, 3.8) is 0 Å². The number of hydrogen-bond donors (Lipinski definition) is 3. The van der Waals surface area contributed by atoms with Gasteiger partial charge in [-0.1, -0.05) is 26.8 Å². The molecule has 1 heterocycles. The van der Waals surface area contributed by atoms with Gasteiger partial charge in [0.1, 0.15) is 5.82 Å². The van der Waals surface area contributed by atoms with E-state index in [4.69, 9.17) is 4.98 Å². The number of hydrogen-bond acceptors (Lipinski definition) is 4. The van der Waals surface area contributed by atoms with E-state index in [-0.39, 0.29) is 11.5 Å². The molecule has 0 spiro atoms. The van der Waals surface area contributed by atoms with Crippen LogP contribution in [0.3, 0.4) is 0 Å². The van der Waals surface area contributed by atoms with Gasteiger partial charge in [-0.15, -0.1) is 0 Å². The number of anilines is 2. The van der Waals surface area contributed by atoms with Crippen LogP contribution < -0.4 is 16.0 Å². The minimum Gasteiger partial charge on any atom is -0.382 e. The van der Waals surface area contributed by atoms with Crippen LogP contribution in [0.5, 0.6) is 0 Å². The molecule has 0 radical (unpaired) electrons. The molecule has 1 aromatic heterocycles. The summed E-state index contributed by atoms with van der Waals surface area (Å²) in [6, 6.07) is 4.43. The molecule has 1 aliphatic carbocycles. The first-order chi connectivity index (χ1) is 10.9. The third-order valence-corrected chi connectivity index (χ3v) is 3.98. The zero-order valence-electron chi connectivity index (χ0n) is 14.6. The monoisotopic (exact) mass is 316 g/mol. The Hall–Kier alpha value is -2.04. The van der Waals surface area contributed by atoms with E-state index in [1.165, 1.54) is 5.57 Å². The fourth-order valence-electron chi connectivity index (χ4n) is 2.65. The molecule has 23 heavy (non-hydrogen) atoms. The van der Waals surface area contributed by atoms with Crippen LogP contribution in [-0.2, 0) is 4.79 Å². The number of aromatic nitrogens is 1. The molecule has 3 N–H and O–H groups in total. The number of carbonyl (C=O) groups excluding carboxylic acids is 1. The summed E-state index contributed by atoms with van der Waals surface area (Å²) in [6.45, 7) is 7.51. The molecule has 126 valence electrons. The van der Waals surface area contributed by atoms with Crippen LogP contribution in [0.25, 0.3) is 5.57 Å². The summed E-state index contributed by atoms with van der Waals surface area (Å²) in [5, 5.41) is 9.50. The zero-order valence-corrected chi connectivity index (χ0v) is 14.6. The Balaban J connectivity index is 2.11. The quantitative estimate of drug-likeness (QED) is 0.705. The average molecular weight is 316 g/mol. The van der Waals surface area contributed by atoms with Gasteiger partial charge in [0.15, 0.2) is 0 Å². The smallest absolute Gasteiger partial charge is 0.207 e. The molecule has 0 saturated heterocycles. The molecule has 1 amide bonds.